The summed E-state index contributed by atoms with van der Waals surface area (Å²) < 4.78 is 34.2. The van der Waals surface area contributed by atoms with Crippen molar-refractivity contribution in [3.05, 3.63) is 46.2 Å². The fraction of sp³-hybridized carbons (Fsp3) is 0.381. The van der Waals surface area contributed by atoms with E-state index in [9.17, 15) is 13.2 Å². The van der Waals surface area contributed by atoms with Crippen LogP contribution >= 0.6 is 11.3 Å². The first-order valence-corrected chi connectivity index (χ1v) is 12.4. The van der Waals surface area contributed by atoms with Gasteiger partial charge < -0.3 is 9.32 Å². The topological polar surface area (TPSA) is 105 Å². The summed E-state index contributed by atoms with van der Waals surface area (Å²) in [6.45, 7) is 6.90. The molecule has 0 spiro atoms. The molecule has 164 valence electrons. The number of aromatic nitrogens is 2. The molecule has 1 aliphatic rings. The standard InChI is InChI=1S/C21H24N4O4S2/c1-13-7-8-16(14(2)11-13)24-31(27,28)18-12-17(30-15(18)3)19-22-23-20(29-19)21(26)25-9-5-4-6-10-25/h7-8,11-12,24H,4-6,9-10H2,1-3H3. The highest BCUT2D eigenvalue weighted by Gasteiger charge is 2.26. The van der Waals surface area contributed by atoms with Gasteiger partial charge in [0.05, 0.1) is 10.6 Å². The SMILES string of the molecule is Cc1ccc(NS(=O)(=O)c2cc(-c3nnc(C(=O)N4CCCCC4)o3)sc2C)c(C)c1. The lowest BCUT2D eigenvalue weighted by Crippen LogP contribution is -2.35. The predicted octanol–water partition coefficient (Wildman–Crippen LogP) is 4.15. The van der Waals surface area contributed by atoms with Gasteiger partial charge in [-0.3, -0.25) is 9.52 Å². The van der Waals surface area contributed by atoms with Crippen LogP contribution in [0.4, 0.5) is 5.69 Å². The zero-order valence-electron chi connectivity index (χ0n) is 17.6. The Bertz CT molecular complexity index is 1220. The smallest absolute Gasteiger partial charge is 0.311 e. The normalized spacial score (nSPS) is 14.6. The maximum atomic E-state index is 13.0. The van der Waals surface area contributed by atoms with Gasteiger partial charge in [0.2, 0.25) is 0 Å². The Morgan fingerprint density at radius 1 is 1.10 bits per heavy atom. The first-order valence-electron chi connectivity index (χ1n) is 10.1. The fourth-order valence-corrected chi connectivity index (χ4v) is 6.25. The number of carbonyl (C=O) groups is 1. The van der Waals surface area contributed by atoms with Gasteiger partial charge >= 0.3 is 11.8 Å². The lowest BCUT2D eigenvalue weighted by molar-refractivity contribution is 0.0684. The number of hydrogen-bond acceptors (Lipinski definition) is 7. The average molecular weight is 461 g/mol. The molecule has 1 fully saturated rings. The molecule has 8 nitrogen and oxygen atoms in total. The number of hydrogen-bond donors (Lipinski definition) is 1. The number of aryl methyl sites for hydroxylation is 3. The molecule has 2 aromatic heterocycles. The summed E-state index contributed by atoms with van der Waals surface area (Å²) in [7, 11) is -3.80. The summed E-state index contributed by atoms with van der Waals surface area (Å²) in [5.74, 6) is -0.210. The van der Waals surface area contributed by atoms with E-state index in [1.807, 2.05) is 26.0 Å². The van der Waals surface area contributed by atoms with Crippen LogP contribution < -0.4 is 4.72 Å². The van der Waals surface area contributed by atoms with Crippen molar-refractivity contribution in [2.75, 3.05) is 17.8 Å². The molecule has 10 heteroatoms. The number of anilines is 1. The Morgan fingerprint density at radius 2 is 1.84 bits per heavy atom. The first-order chi connectivity index (χ1) is 14.7. The second kappa shape index (κ2) is 8.43. The van der Waals surface area contributed by atoms with Crippen molar-refractivity contribution >= 4 is 33.0 Å². The summed E-state index contributed by atoms with van der Waals surface area (Å²) in [4.78, 5) is 15.5. The number of piperidine rings is 1. The van der Waals surface area contributed by atoms with Gasteiger partial charge in [0.25, 0.3) is 15.9 Å². The summed E-state index contributed by atoms with van der Waals surface area (Å²) in [6, 6.07) is 7.04. The van der Waals surface area contributed by atoms with E-state index in [0.717, 1.165) is 30.4 Å². The van der Waals surface area contributed by atoms with Gasteiger partial charge in [-0.15, -0.1) is 21.5 Å². The number of nitrogens with zero attached hydrogens (tertiary/aromatic N) is 3. The largest absolute Gasteiger partial charge is 0.411 e. The molecule has 0 atom stereocenters. The van der Waals surface area contributed by atoms with Crippen molar-refractivity contribution in [1.82, 2.24) is 15.1 Å². The third kappa shape index (κ3) is 4.49. The predicted molar refractivity (Wildman–Crippen MR) is 119 cm³/mol. The number of benzene rings is 1. The van der Waals surface area contributed by atoms with Crippen LogP contribution in [0.25, 0.3) is 10.8 Å². The minimum Gasteiger partial charge on any atom is -0.411 e. The number of thiophene rings is 1. The molecule has 3 heterocycles. The monoisotopic (exact) mass is 460 g/mol. The molecule has 0 bridgehead atoms. The lowest BCUT2D eigenvalue weighted by Gasteiger charge is -2.24. The molecule has 1 N–H and O–H groups in total. The van der Waals surface area contributed by atoms with Crippen molar-refractivity contribution in [3.63, 3.8) is 0 Å². The van der Waals surface area contributed by atoms with Crippen LogP contribution in [0.2, 0.25) is 0 Å². The molecular weight excluding hydrogens is 436 g/mol. The Kier molecular flexibility index (Phi) is 5.85. The van der Waals surface area contributed by atoms with E-state index in [0.29, 0.717) is 28.5 Å². The maximum Gasteiger partial charge on any atom is 0.311 e. The van der Waals surface area contributed by atoms with E-state index < -0.39 is 10.0 Å². The third-order valence-corrected chi connectivity index (χ3v) is 7.91. The molecular formula is C21H24N4O4S2. The average Bonchev–Trinajstić information content (AvgIpc) is 3.37. The van der Waals surface area contributed by atoms with Crippen molar-refractivity contribution in [2.45, 2.75) is 44.9 Å². The number of nitrogens with one attached hydrogen (secondary N) is 1. The third-order valence-electron chi connectivity index (χ3n) is 5.25. The molecule has 4 rings (SSSR count). The van der Waals surface area contributed by atoms with Crippen LogP contribution in [0.1, 0.15) is 46.0 Å². The maximum absolute atomic E-state index is 13.0. The van der Waals surface area contributed by atoms with Crippen LogP contribution in [0, 0.1) is 20.8 Å². The zero-order valence-corrected chi connectivity index (χ0v) is 19.3. The van der Waals surface area contributed by atoms with Gasteiger partial charge in [0, 0.05) is 18.0 Å². The van der Waals surface area contributed by atoms with E-state index in [1.165, 1.54) is 17.4 Å². The van der Waals surface area contributed by atoms with E-state index in [2.05, 4.69) is 14.9 Å². The first kappa shape index (κ1) is 21.5. The van der Waals surface area contributed by atoms with Crippen LogP contribution in [0.3, 0.4) is 0 Å². The van der Waals surface area contributed by atoms with Crippen LogP contribution in [-0.4, -0.2) is 42.5 Å². The Balaban J connectivity index is 1.57. The second-order valence-electron chi connectivity index (χ2n) is 7.72. The number of carbonyl (C=O) groups excluding carboxylic acids is 1. The van der Waals surface area contributed by atoms with Gasteiger partial charge in [-0.05, 0) is 57.7 Å². The molecule has 0 unspecified atom stereocenters. The van der Waals surface area contributed by atoms with E-state index in [-0.39, 0.29) is 22.6 Å². The zero-order chi connectivity index (χ0) is 22.2. The van der Waals surface area contributed by atoms with Crippen LogP contribution in [-0.2, 0) is 10.0 Å². The quantitative estimate of drug-likeness (QED) is 0.613. The Hall–Kier alpha value is -2.72. The number of amides is 1. The summed E-state index contributed by atoms with van der Waals surface area (Å²) in [6.07, 6.45) is 3.04. The molecule has 0 saturated carbocycles. The van der Waals surface area contributed by atoms with Gasteiger partial charge in [-0.25, -0.2) is 8.42 Å². The minimum atomic E-state index is -3.80. The molecule has 0 aliphatic carbocycles. The number of likely N-dealkylation sites (tertiary alicyclic amines) is 1. The summed E-state index contributed by atoms with van der Waals surface area (Å²) in [5.41, 5.74) is 2.43. The number of sulfonamides is 1. The number of rotatable bonds is 5. The summed E-state index contributed by atoms with van der Waals surface area (Å²) >= 11 is 1.23. The van der Waals surface area contributed by atoms with Crippen LogP contribution in [0.15, 0.2) is 33.6 Å². The van der Waals surface area contributed by atoms with Crippen molar-refractivity contribution in [2.24, 2.45) is 0 Å². The molecule has 31 heavy (non-hydrogen) atoms. The van der Waals surface area contributed by atoms with E-state index >= 15 is 0 Å². The Labute approximate surface area is 185 Å². The van der Waals surface area contributed by atoms with Crippen molar-refractivity contribution < 1.29 is 17.6 Å². The molecule has 1 aromatic carbocycles. The molecule has 1 amide bonds. The molecule has 1 aliphatic heterocycles. The van der Waals surface area contributed by atoms with E-state index in [4.69, 9.17) is 4.42 Å². The highest BCUT2D eigenvalue weighted by atomic mass is 32.2. The summed E-state index contributed by atoms with van der Waals surface area (Å²) in [5, 5.41) is 7.87. The minimum absolute atomic E-state index is 0.0687. The Morgan fingerprint density at radius 3 is 2.55 bits per heavy atom. The fourth-order valence-electron chi connectivity index (χ4n) is 3.61. The highest BCUT2D eigenvalue weighted by molar-refractivity contribution is 7.93. The molecule has 1 saturated heterocycles. The van der Waals surface area contributed by atoms with Crippen molar-refractivity contribution in [1.29, 1.82) is 0 Å². The second-order valence-corrected chi connectivity index (χ2v) is 10.6. The van der Waals surface area contributed by atoms with Gasteiger partial charge in [-0.1, -0.05) is 17.7 Å². The van der Waals surface area contributed by atoms with Crippen molar-refractivity contribution in [3.8, 4) is 10.8 Å². The van der Waals surface area contributed by atoms with Gasteiger partial charge in [-0.2, -0.15) is 0 Å². The molecule has 0 radical (unpaired) electrons. The lowest BCUT2D eigenvalue weighted by atomic mass is 10.1. The molecule has 3 aromatic rings. The highest BCUT2D eigenvalue weighted by Crippen LogP contribution is 2.34. The van der Waals surface area contributed by atoms with Gasteiger partial charge in [0.15, 0.2) is 0 Å². The van der Waals surface area contributed by atoms with Gasteiger partial charge in [0.1, 0.15) is 4.90 Å². The van der Waals surface area contributed by atoms with E-state index in [1.54, 1.807) is 17.9 Å². The van der Waals surface area contributed by atoms with Crippen LogP contribution in [0.5, 0.6) is 0 Å².